The molecule has 0 bridgehead atoms. The Bertz CT molecular complexity index is 1370. The normalized spacial score (nSPS) is 17.7. The van der Waals surface area contributed by atoms with Gasteiger partial charge in [-0.1, -0.05) is 34.1 Å². The highest BCUT2D eigenvalue weighted by molar-refractivity contribution is 9.10. The van der Waals surface area contributed by atoms with Crippen LogP contribution in [0, 0.1) is 5.82 Å². The fourth-order valence-corrected chi connectivity index (χ4v) is 5.37. The second-order valence-electron chi connectivity index (χ2n) is 8.23. The van der Waals surface area contributed by atoms with Crippen LogP contribution < -0.4 is 0 Å². The Morgan fingerprint density at radius 2 is 1.91 bits per heavy atom. The number of thioether (sulfide) groups is 1. The van der Waals surface area contributed by atoms with Crippen molar-refractivity contribution in [1.82, 2.24) is 14.4 Å². The van der Waals surface area contributed by atoms with Crippen LogP contribution in [0.15, 0.2) is 58.0 Å². The van der Waals surface area contributed by atoms with E-state index in [1.807, 2.05) is 29.0 Å². The third kappa shape index (κ3) is 4.91. The number of morpholine rings is 1. The molecule has 0 spiro atoms. The molecule has 5 rings (SSSR count). The number of halogens is 2. The first-order chi connectivity index (χ1) is 16.9. The minimum absolute atomic E-state index is 0.245. The van der Waals surface area contributed by atoms with Crippen molar-refractivity contribution in [2.45, 2.75) is 6.54 Å². The monoisotopic (exact) mass is 557 g/mol. The summed E-state index contributed by atoms with van der Waals surface area (Å²) < 4.78 is 22.3. The molecular formula is C25H21BrFN3O4S. The van der Waals surface area contributed by atoms with Crippen LogP contribution in [0.25, 0.3) is 17.0 Å². The molecule has 0 saturated carbocycles. The summed E-state index contributed by atoms with van der Waals surface area (Å²) in [5.41, 5.74) is 2.13. The Kier molecular flexibility index (Phi) is 6.77. The van der Waals surface area contributed by atoms with Crippen LogP contribution in [-0.2, 0) is 20.9 Å². The number of carbonyl (C=O) groups is 3. The first kappa shape index (κ1) is 23.8. The van der Waals surface area contributed by atoms with Gasteiger partial charge in [0, 0.05) is 45.8 Å². The highest BCUT2D eigenvalue weighted by Crippen LogP contribution is 2.35. The number of fused-ring (bicyclic) bond motifs is 1. The second kappa shape index (κ2) is 9.96. The van der Waals surface area contributed by atoms with Gasteiger partial charge in [-0.15, -0.1) is 0 Å². The largest absolute Gasteiger partial charge is 0.378 e. The van der Waals surface area contributed by atoms with Crippen LogP contribution in [0.5, 0.6) is 0 Å². The number of carbonyl (C=O) groups excluding carboxylic acids is 3. The Morgan fingerprint density at radius 1 is 1.14 bits per heavy atom. The van der Waals surface area contributed by atoms with E-state index in [-0.39, 0.29) is 23.2 Å². The van der Waals surface area contributed by atoms with E-state index in [2.05, 4.69) is 15.9 Å². The molecule has 0 aliphatic carbocycles. The predicted molar refractivity (Wildman–Crippen MR) is 135 cm³/mol. The van der Waals surface area contributed by atoms with Gasteiger partial charge in [-0.05, 0) is 42.1 Å². The number of benzene rings is 2. The Morgan fingerprint density at radius 3 is 2.69 bits per heavy atom. The van der Waals surface area contributed by atoms with Gasteiger partial charge < -0.3 is 14.2 Å². The number of amides is 3. The molecule has 0 atom stereocenters. The van der Waals surface area contributed by atoms with Crippen molar-refractivity contribution in [2.75, 3.05) is 32.8 Å². The highest BCUT2D eigenvalue weighted by atomic mass is 79.9. The maximum absolute atomic E-state index is 14.3. The van der Waals surface area contributed by atoms with Gasteiger partial charge in [0.1, 0.15) is 12.4 Å². The predicted octanol–water partition coefficient (Wildman–Crippen LogP) is 4.49. The first-order valence-corrected chi connectivity index (χ1v) is 12.6. The summed E-state index contributed by atoms with van der Waals surface area (Å²) >= 11 is 4.30. The maximum atomic E-state index is 14.3. The minimum Gasteiger partial charge on any atom is -0.378 e. The molecule has 3 heterocycles. The zero-order valence-corrected chi connectivity index (χ0v) is 21.0. The smallest absolute Gasteiger partial charge is 0.294 e. The zero-order chi connectivity index (χ0) is 24.5. The van der Waals surface area contributed by atoms with Gasteiger partial charge in [0.25, 0.3) is 11.1 Å². The number of imide groups is 1. The van der Waals surface area contributed by atoms with E-state index in [4.69, 9.17) is 4.74 Å². The van der Waals surface area contributed by atoms with Gasteiger partial charge in [0.15, 0.2) is 0 Å². The Balaban J connectivity index is 1.43. The van der Waals surface area contributed by atoms with Crippen molar-refractivity contribution in [3.8, 4) is 0 Å². The van der Waals surface area contributed by atoms with Crippen LogP contribution in [0.1, 0.15) is 11.1 Å². The molecule has 10 heteroatoms. The van der Waals surface area contributed by atoms with E-state index in [0.29, 0.717) is 38.4 Å². The second-order valence-corrected chi connectivity index (χ2v) is 10.1. The summed E-state index contributed by atoms with van der Waals surface area (Å²) in [6, 6.07) is 12.3. The first-order valence-electron chi connectivity index (χ1n) is 11.0. The van der Waals surface area contributed by atoms with Crippen LogP contribution in [0.2, 0.25) is 0 Å². The van der Waals surface area contributed by atoms with Crippen molar-refractivity contribution >= 4 is 61.7 Å². The maximum Gasteiger partial charge on any atom is 0.294 e. The van der Waals surface area contributed by atoms with Crippen molar-refractivity contribution < 1.29 is 23.5 Å². The van der Waals surface area contributed by atoms with E-state index in [9.17, 15) is 18.8 Å². The molecule has 0 N–H and O–H groups in total. The van der Waals surface area contributed by atoms with E-state index < -0.39 is 11.1 Å². The average Bonchev–Trinajstić information content (AvgIpc) is 3.32. The van der Waals surface area contributed by atoms with Gasteiger partial charge >= 0.3 is 0 Å². The van der Waals surface area contributed by atoms with Crippen molar-refractivity contribution in [3.63, 3.8) is 0 Å². The van der Waals surface area contributed by atoms with Gasteiger partial charge in [0.2, 0.25) is 5.91 Å². The molecule has 7 nitrogen and oxygen atoms in total. The molecule has 35 heavy (non-hydrogen) atoms. The average molecular weight is 558 g/mol. The third-order valence-electron chi connectivity index (χ3n) is 5.99. The lowest BCUT2D eigenvalue weighted by molar-refractivity contribution is -0.139. The summed E-state index contributed by atoms with van der Waals surface area (Å²) in [6.45, 7) is 1.80. The molecule has 2 aliphatic heterocycles. The van der Waals surface area contributed by atoms with Crippen molar-refractivity contribution in [3.05, 3.63) is 75.0 Å². The molecule has 1 aromatic heterocycles. The van der Waals surface area contributed by atoms with Gasteiger partial charge in [-0.2, -0.15) is 0 Å². The van der Waals surface area contributed by atoms with Crippen LogP contribution in [0.3, 0.4) is 0 Å². The number of ether oxygens (including phenoxy) is 1. The molecule has 2 saturated heterocycles. The van der Waals surface area contributed by atoms with Crippen molar-refractivity contribution in [2.24, 2.45) is 0 Å². The van der Waals surface area contributed by atoms with Crippen LogP contribution >= 0.6 is 27.7 Å². The molecule has 3 aromatic rings. The van der Waals surface area contributed by atoms with Crippen LogP contribution in [0.4, 0.5) is 9.18 Å². The molecule has 180 valence electrons. The van der Waals surface area contributed by atoms with E-state index in [0.717, 1.165) is 37.6 Å². The third-order valence-corrected chi connectivity index (χ3v) is 7.39. The van der Waals surface area contributed by atoms with E-state index in [1.54, 1.807) is 29.2 Å². The summed E-state index contributed by atoms with van der Waals surface area (Å²) in [7, 11) is 0. The molecule has 2 aliphatic rings. The number of hydrogen-bond donors (Lipinski definition) is 0. The fourth-order valence-electron chi connectivity index (χ4n) is 4.18. The lowest BCUT2D eigenvalue weighted by Crippen LogP contribution is -2.46. The standard InChI is InChI=1S/C25H21BrFN3O4S/c26-18-5-6-21-19(12-18)17(14-29(21)13-16-3-1-2-4-20(16)27)11-22-24(32)30(25(33)35-22)15-23(31)28-7-9-34-10-8-28/h1-6,11-12,14H,7-10,13,15H2/b22-11-. The quantitative estimate of drug-likeness (QED) is 0.432. The summed E-state index contributed by atoms with van der Waals surface area (Å²) in [4.78, 5) is 41.0. The Hall–Kier alpha value is -2.95. The number of nitrogens with zero attached hydrogens (tertiary/aromatic N) is 3. The van der Waals surface area contributed by atoms with Crippen LogP contribution in [-0.4, -0.2) is 64.3 Å². The Labute approximate surface area is 213 Å². The molecule has 3 amide bonds. The zero-order valence-electron chi connectivity index (χ0n) is 18.6. The number of hydrogen-bond acceptors (Lipinski definition) is 5. The van der Waals surface area contributed by atoms with Gasteiger partial charge in [0.05, 0.1) is 24.7 Å². The highest BCUT2D eigenvalue weighted by Gasteiger charge is 2.37. The fraction of sp³-hybridized carbons (Fsp3) is 0.240. The molecule has 0 radical (unpaired) electrons. The summed E-state index contributed by atoms with van der Waals surface area (Å²) in [5, 5.41) is 0.381. The molecule has 2 fully saturated rings. The molecule has 2 aromatic carbocycles. The number of aromatic nitrogens is 1. The summed E-state index contributed by atoms with van der Waals surface area (Å²) in [5.74, 6) is -1.06. The van der Waals surface area contributed by atoms with Gasteiger partial charge in [-0.25, -0.2) is 4.39 Å². The molecular weight excluding hydrogens is 537 g/mol. The lowest BCUT2D eigenvalue weighted by Gasteiger charge is -2.28. The summed E-state index contributed by atoms with van der Waals surface area (Å²) in [6.07, 6.45) is 3.51. The van der Waals surface area contributed by atoms with Crippen molar-refractivity contribution in [1.29, 1.82) is 0 Å². The topological polar surface area (TPSA) is 71.9 Å². The van der Waals surface area contributed by atoms with Gasteiger partial charge in [-0.3, -0.25) is 19.3 Å². The van der Waals surface area contributed by atoms with E-state index >= 15 is 0 Å². The SMILES string of the molecule is O=C(CN1C(=O)S/C(=C\c2cn(Cc3ccccc3F)c3ccc(Br)cc23)C1=O)N1CCOCC1. The van der Waals surface area contributed by atoms with E-state index in [1.165, 1.54) is 6.07 Å². The molecule has 0 unspecified atom stereocenters. The minimum atomic E-state index is -0.494. The lowest BCUT2D eigenvalue weighted by atomic mass is 10.1. The number of rotatable bonds is 5.